The summed E-state index contributed by atoms with van der Waals surface area (Å²) in [6.45, 7) is 0. The van der Waals surface area contributed by atoms with Gasteiger partial charge in [-0.1, -0.05) is 17.7 Å². The second-order valence-corrected chi connectivity index (χ2v) is 2.72. The smallest absolute Gasteiger partial charge is 0.151 e. The van der Waals surface area contributed by atoms with Crippen molar-refractivity contribution in [2.45, 2.75) is 6.42 Å². The Morgan fingerprint density at radius 3 is 2.92 bits per heavy atom. The van der Waals surface area contributed by atoms with Crippen LogP contribution in [0.1, 0.15) is 15.9 Å². The molecule has 0 aliphatic rings. The summed E-state index contributed by atoms with van der Waals surface area (Å²) in [5, 5.41) is 8.80. The van der Waals surface area contributed by atoms with Gasteiger partial charge >= 0.3 is 0 Å². The van der Waals surface area contributed by atoms with Crippen molar-refractivity contribution >= 4 is 17.9 Å². The molecule has 0 unspecified atom stereocenters. The molecular weight excluding hydrogens is 174 g/mol. The molecule has 0 atom stereocenters. The molecule has 0 fully saturated rings. The van der Waals surface area contributed by atoms with Crippen LogP contribution in [0.4, 0.5) is 0 Å². The second kappa shape index (κ2) is 3.89. The van der Waals surface area contributed by atoms with Crippen molar-refractivity contribution in [3.8, 4) is 6.07 Å². The number of aldehydes is 1. The average Bonchev–Trinajstić information content (AvgIpc) is 2.09. The van der Waals surface area contributed by atoms with Crippen LogP contribution >= 0.6 is 11.6 Å². The van der Waals surface area contributed by atoms with Crippen molar-refractivity contribution in [1.82, 2.24) is 0 Å². The van der Waals surface area contributed by atoms with Crippen molar-refractivity contribution in [3.05, 3.63) is 34.3 Å². The summed E-state index contributed by atoms with van der Waals surface area (Å²) in [5.41, 5.74) is 1.24. The van der Waals surface area contributed by atoms with Crippen LogP contribution in [-0.2, 0) is 6.42 Å². The topological polar surface area (TPSA) is 40.9 Å². The molecule has 0 saturated heterocycles. The summed E-state index contributed by atoms with van der Waals surface area (Å²) in [5.74, 6) is 0. The third-order valence-corrected chi connectivity index (χ3v) is 1.81. The summed E-state index contributed by atoms with van der Waals surface area (Å²) < 4.78 is 0. The van der Waals surface area contributed by atoms with Crippen molar-refractivity contribution in [2.24, 2.45) is 0 Å². The molecule has 0 aliphatic heterocycles. The second-order valence-electron chi connectivity index (χ2n) is 2.31. The molecule has 0 spiro atoms. The standard InChI is InChI=1S/C9H6ClNO/c10-9-2-1-7(3-4-11)5-8(9)6-12/h1-2,5-6H,3H2. The third-order valence-electron chi connectivity index (χ3n) is 1.47. The molecule has 0 radical (unpaired) electrons. The van der Waals surface area contributed by atoms with Gasteiger partial charge in [-0.05, 0) is 17.7 Å². The number of nitrogens with zero attached hydrogens (tertiary/aromatic N) is 1. The van der Waals surface area contributed by atoms with Gasteiger partial charge in [0.2, 0.25) is 0 Å². The number of halogens is 1. The number of hydrogen-bond donors (Lipinski definition) is 0. The highest BCUT2D eigenvalue weighted by Crippen LogP contribution is 2.15. The summed E-state index contributed by atoms with van der Waals surface area (Å²) in [6, 6.07) is 6.98. The Bertz CT molecular complexity index is 341. The van der Waals surface area contributed by atoms with E-state index in [9.17, 15) is 4.79 Å². The maximum Gasteiger partial charge on any atom is 0.151 e. The summed E-state index contributed by atoms with van der Waals surface area (Å²) in [7, 11) is 0. The highest BCUT2D eigenvalue weighted by molar-refractivity contribution is 6.32. The van der Waals surface area contributed by atoms with Crippen molar-refractivity contribution in [2.75, 3.05) is 0 Å². The van der Waals surface area contributed by atoms with Gasteiger partial charge in [0.05, 0.1) is 17.5 Å². The van der Waals surface area contributed by atoms with Crippen molar-refractivity contribution in [3.63, 3.8) is 0 Å². The molecule has 0 aliphatic carbocycles. The normalized spacial score (nSPS) is 9.00. The third kappa shape index (κ3) is 1.84. The number of nitriles is 1. The maximum atomic E-state index is 10.4. The van der Waals surface area contributed by atoms with Gasteiger partial charge in [-0.2, -0.15) is 5.26 Å². The van der Waals surface area contributed by atoms with E-state index in [1.165, 1.54) is 0 Å². The van der Waals surface area contributed by atoms with Crippen LogP contribution in [0.5, 0.6) is 0 Å². The van der Waals surface area contributed by atoms with Gasteiger partial charge in [-0.3, -0.25) is 4.79 Å². The largest absolute Gasteiger partial charge is 0.298 e. The highest BCUT2D eigenvalue weighted by atomic mass is 35.5. The minimum absolute atomic E-state index is 0.304. The quantitative estimate of drug-likeness (QED) is 0.654. The first-order chi connectivity index (χ1) is 5.77. The molecule has 60 valence electrons. The summed E-state index contributed by atoms with van der Waals surface area (Å²) in [4.78, 5) is 10.4. The van der Waals surface area contributed by atoms with E-state index in [2.05, 4.69) is 0 Å². The molecule has 0 N–H and O–H groups in total. The van der Waals surface area contributed by atoms with Crippen LogP contribution in [0.2, 0.25) is 5.02 Å². The Labute approximate surface area is 75.4 Å². The first-order valence-electron chi connectivity index (χ1n) is 3.38. The van der Waals surface area contributed by atoms with Crippen LogP contribution in [-0.4, -0.2) is 6.29 Å². The van der Waals surface area contributed by atoms with E-state index in [0.717, 1.165) is 5.56 Å². The Morgan fingerprint density at radius 2 is 2.33 bits per heavy atom. The number of rotatable bonds is 2. The number of carbonyl (C=O) groups excluding carboxylic acids is 1. The lowest BCUT2D eigenvalue weighted by atomic mass is 10.1. The summed E-state index contributed by atoms with van der Waals surface area (Å²) in [6.07, 6.45) is 0.987. The van der Waals surface area contributed by atoms with Gasteiger partial charge in [-0.25, -0.2) is 0 Å². The van der Waals surface area contributed by atoms with Crippen molar-refractivity contribution in [1.29, 1.82) is 5.26 Å². The fourth-order valence-electron chi connectivity index (χ4n) is 0.885. The zero-order valence-corrected chi connectivity index (χ0v) is 7.01. The summed E-state index contributed by atoms with van der Waals surface area (Å²) >= 11 is 5.68. The molecule has 0 heterocycles. The van der Waals surface area contributed by atoms with Gasteiger partial charge < -0.3 is 0 Å². The van der Waals surface area contributed by atoms with Crippen LogP contribution in [0.25, 0.3) is 0 Å². The monoisotopic (exact) mass is 179 g/mol. The van der Waals surface area contributed by atoms with Gasteiger partial charge in [-0.15, -0.1) is 0 Å². The fourth-order valence-corrected chi connectivity index (χ4v) is 1.05. The van der Waals surface area contributed by atoms with Crippen LogP contribution in [0.15, 0.2) is 18.2 Å². The van der Waals surface area contributed by atoms with Crippen LogP contribution < -0.4 is 0 Å². The van der Waals surface area contributed by atoms with Crippen molar-refractivity contribution < 1.29 is 4.79 Å². The molecule has 1 rings (SSSR count). The first kappa shape index (κ1) is 8.76. The maximum absolute atomic E-state index is 10.4. The zero-order chi connectivity index (χ0) is 8.97. The number of hydrogen-bond acceptors (Lipinski definition) is 2. The molecule has 0 amide bonds. The number of carbonyl (C=O) groups is 1. The van der Waals surface area contributed by atoms with E-state index >= 15 is 0 Å². The molecule has 1 aromatic carbocycles. The Hall–Kier alpha value is -1.33. The fraction of sp³-hybridized carbons (Fsp3) is 0.111. The zero-order valence-electron chi connectivity index (χ0n) is 6.25. The molecule has 2 nitrogen and oxygen atoms in total. The molecular formula is C9H6ClNO. The minimum Gasteiger partial charge on any atom is -0.298 e. The van der Waals surface area contributed by atoms with E-state index in [1.54, 1.807) is 18.2 Å². The molecule has 1 aromatic rings. The lowest BCUT2D eigenvalue weighted by Crippen LogP contribution is -1.86. The molecule has 3 heteroatoms. The Morgan fingerprint density at radius 1 is 1.58 bits per heavy atom. The first-order valence-corrected chi connectivity index (χ1v) is 3.76. The van der Waals surface area contributed by atoms with Gasteiger partial charge in [0.25, 0.3) is 0 Å². The van der Waals surface area contributed by atoms with Crippen LogP contribution in [0.3, 0.4) is 0 Å². The van der Waals surface area contributed by atoms with E-state index in [0.29, 0.717) is 23.3 Å². The Balaban J connectivity index is 3.06. The SMILES string of the molecule is N#CCc1ccc(Cl)c(C=O)c1. The van der Waals surface area contributed by atoms with Gasteiger partial charge in [0.1, 0.15) is 0 Å². The minimum atomic E-state index is 0.304. The molecule has 0 saturated carbocycles. The lowest BCUT2D eigenvalue weighted by molar-refractivity contribution is 0.112. The van der Waals surface area contributed by atoms with E-state index in [1.807, 2.05) is 6.07 Å². The van der Waals surface area contributed by atoms with E-state index < -0.39 is 0 Å². The molecule has 0 bridgehead atoms. The van der Waals surface area contributed by atoms with Gasteiger partial charge in [0.15, 0.2) is 6.29 Å². The van der Waals surface area contributed by atoms with Gasteiger partial charge in [0, 0.05) is 5.56 Å². The average molecular weight is 180 g/mol. The Kier molecular flexibility index (Phi) is 2.84. The molecule has 12 heavy (non-hydrogen) atoms. The predicted octanol–water partition coefficient (Wildman–Crippen LogP) is 2.22. The lowest BCUT2D eigenvalue weighted by Gasteiger charge is -1.97. The van der Waals surface area contributed by atoms with E-state index in [4.69, 9.17) is 16.9 Å². The highest BCUT2D eigenvalue weighted by Gasteiger charge is 1.99. The predicted molar refractivity (Wildman–Crippen MR) is 46.2 cm³/mol. The number of benzene rings is 1. The van der Waals surface area contributed by atoms with E-state index in [-0.39, 0.29) is 0 Å². The van der Waals surface area contributed by atoms with Crippen LogP contribution in [0, 0.1) is 11.3 Å². The molecule has 0 aromatic heterocycles.